The molecule has 0 N–H and O–H groups in total. The van der Waals surface area contributed by atoms with Crippen molar-refractivity contribution in [1.29, 1.82) is 0 Å². The number of rotatable bonds is 4. The van der Waals surface area contributed by atoms with Crippen LogP contribution in [0.2, 0.25) is 0 Å². The highest BCUT2D eigenvalue weighted by Gasteiger charge is 2.47. The molecule has 2 fully saturated rings. The summed E-state index contributed by atoms with van der Waals surface area (Å²) in [6, 6.07) is 22.1. The first-order valence-electron chi connectivity index (χ1n) is 8.81. The van der Waals surface area contributed by atoms with Gasteiger partial charge in [-0.05, 0) is 24.0 Å². The summed E-state index contributed by atoms with van der Waals surface area (Å²) in [5, 5.41) is 0. The summed E-state index contributed by atoms with van der Waals surface area (Å²) in [4.78, 5) is 0. The van der Waals surface area contributed by atoms with E-state index in [0.717, 1.165) is 37.8 Å². The molecule has 0 spiro atoms. The summed E-state index contributed by atoms with van der Waals surface area (Å²) < 4.78 is 16.8. The van der Waals surface area contributed by atoms with E-state index in [2.05, 4.69) is 70.0 Å². The Morgan fingerprint density at radius 1 is 0.720 bits per heavy atom. The lowest BCUT2D eigenvalue weighted by molar-refractivity contribution is 0.189. The van der Waals surface area contributed by atoms with Crippen LogP contribution in [0.4, 0.5) is 0 Å². The zero-order valence-electron chi connectivity index (χ0n) is 14.0. The predicted molar refractivity (Wildman–Crippen MR) is 98.8 cm³/mol. The van der Waals surface area contributed by atoms with Crippen molar-refractivity contribution >= 4 is 8.88 Å². The molecule has 3 heterocycles. The van der Waals surface area contributed by atoms with Crippen molar-refractivity contribution < 1.29 is 9.47 Å². The molecule has 5 heteroatoms. The lowest BCUT2D eigenvalue weighted by Crippen LogP contribution is -2.29. The van der Waals surface area contributed by atoms with Gasteiger partial charge in [-0.1, -0.05) is 60.7 Å². The van der Waals surface area contributed by atoms with Crippen molar-refractivity contribution in [2.24, 2.45) is 0 Å². The minimum atomic E-state index is 0.398. The standard InChI is InChI=1S/C20H21N2O2P/c1-3-7-15(8-4-1)11-17-13-23-19-20-22(25-21(17)19)18(14-24-20)12-16-9-5-2-6-10-16/h1-10,17-18,25H,11-14H2/t17-,18-/m0/s1. The summed E-state index contributed by atoms with van der Waals surface area (Å²) >= 11 is 0. The van der Waals surface area contributed by atoms with Gasteiger partial charge in [-0.3, -0.25) is 9.34 Å². The molecule has 0 bridgehead atoms. The average molecular weight is 352 g/mol. The maximum atomic E-state index is 6.02. The molecule has 25 heavy (non-hydrogen) atoms. The topological polar surface area (TPSA) is 24.9 Å². The summed E-state index contributed by atoms with van der Waals surface area (Å²) in [6.07, 6.45) is 2.03. The summed E-state index contributed by atoms with van der Waals surface area (Å²) in [6.45, 7) is 1.50. The van der Waals surface area contributed by atoms with Crippen molar-refractivity contribution in [3.05, 3.63) is 83.6 Å². The molecule has 3 aliphatic rings. The number of hydrogen-bond acceptors (Lipinski definition) is 4. The van der Waals surface area contributed by atoms with Crippen molar-refractivity contribution in [3.63, 3.8) is 0 Å². The summed E-state index contributed by atoms with van der Waals surface area (Å²) in [5.74, 6) is 1.91. The molecule has 0 amide bonds. The van der Waals surface area contributed by atoms with Gasteiger partial charge in [0, 0.05) is 0 Å². The normalized spacial score (nSPS) is 24.2. The van der Waals surface area contributed by atoms with E-state index in [-0.39, 0.29) is 0 Å². The highest BCUT2D eigenvalue weighted by molar-refractivity contribution is 7.33. The van der Waals surface area contributed by atoms with E-state index in [1.165, 1.54) is 11.1 Å². The Morgan fingerprint density at radius 3 is 1.60 bits per heavy atom. The van der Waals surface area contributed by atoms with Gasteiger partial charge in [0.05, 0.1) is 21.0 Å². The van der Waals surface area contributed by atoms with Gasteiger partial charge in [-0.15, -0.1) is 0 Å². The van der Waals surface area contributed by atoms with Gasteiger partial charge >= 0.3 is 0 Å². The predicted octanol–water partition coefficient (Wildman–Crippen LogP) is 3.52. The van der Waals surface area contributed by atoms with Crippen LogP contribution < -0.4 is 0 Å². The van der Waals surface area contributed by atoms with Crippen molar-refractivity contribution in [1.82, 2.24) is 9.34 Å². The largest absolute Gasteiger partial charge is 0.473 e. The van der Waals surface area contributed by atoms with Gasteiger partial charge in [-0.25, -0.2) is 0 Å². The van der Waals surface area contributed by atoms with Crippen molar-refractivity contribution in [3.8, 4) is 0 Å². The Bertz CT molecular complexity index is 715. The Morgan fingerprint density at radius 2 is 1.16 bits per heavy atom. The first kappa shape index (κ1) is 15.1. The third-order valence-corrected chi connectivity index (χ3v) is 6.59. The molecule has 0 aromatic heterocycles. The van der Waals surface area contributed by atoms with Crippen LogP contribution in [-0.4, -0.2) is 34.6 Å². The Labute approximate surface area is 149 Å². The zero-order chi connectivity index (χ0) is 16.6. The second-order valence-corrected chi connectivity index (χ2v) is 7.92. The van der Waals surface area contributed by atoms with E-state index >= 15 is 0 Å². The van der Waals surface area contributed by atoms with Crippen LogP contribution in [0.3, 0.4) is 0 Å². The molecule has 3 aliphatic heterocycles. The zero-order valence-corrected chi connectivity index (χ0v) is 15.0. The van der Waals surface area contributed by atoms with E-state index in [1.54, 1.807) is 0 Å². The fraction of sp³-hybridized carbons (Fsp3) is 0.300. The molecule has 0 aliphatic carbocycles. The lowest BCUT2D eigenvalue weighted by Gasteiger charge is -2.25. The Balaban J connectivity index is 1.31. The minimum absolute atomic E-state index is 0.398. The third kappa shape index (κ3) is 2.75. The fourth-order valence-electron chi connectivity index (χ4n) is 3.74. The Kier molecular flexibility index (Phi) is 3.79. The highest BCUT2D eigenvalue weighted by atomic mass is 31.1. The third-order valence-electron chi connectivity index (χ3n) is 5.02. The van der Waals surface area contributed by atoms with E-state index < -0.39 is 0 Å². The van der Waals surface area contributed by atoms with Gasteiger partial charge < -0.3 is 9.47 Å². The molecule has 2 aromatic rings. The SMILES string of the molecule is c1ccc(C[C@H]2COC3=C4OC[C@H](Cc5ccccc5)N4PN32)cc1. The smallest absolute Gasteiger partial charge is 0.257 e. The monoisotopic (exact) mass is 352 g/mol. The number of fused-ring (bicyclic) bond motifs is 2. The van der Waals surface area contributed by atoms with Crippen LogP contribution in [0.1, 0.15) is 11.1 Å². The molecular formula is C20H21N2O2P. The first-order chi connectivity index (χ1) is 12.4. The van der Waals surface area contributed by atoms with Crippen molar-refractivity contribution in [2.75, 3.05) is 13.2 Å². The maximum absolute atomic E-state index is 6.02. The minimum Gasteiger partial charge on any atom is -0.473 e. The molecule has 0 radical (unpaired) electrons. The van der Waals surface area contributed by atoms with Crippen LogP contribution in [0.15, 0.2) is 72.4 Å². The summed E-state index contributed by atoms with van der Waals surface area (Å²) in [5.41, 5.74) is 2.72. The molecule has 0 unspecified atom stereocenters. The maximum Gasteiger partial charge on any atom is 0.257 e. The van der Waals surface area contributed by atoms with Crippen LogP contribution in [0, 0.1) is 0 Å². The van der Waals surface area contributed by atoms with E-state index in [1.807, 2.05) is 0 Å². The van der Waals surface area contributed by atoms with Gasteiger partial charge in [0.25, 0.3) is 11.8 Å². The van der Waals surface area contributed by atoms with Crippen molar-refractivity contribution in [2.45, 2.75) is 24.9 Å². The molecule has 2 atom stereocenters. The second-order valence-electron chi connectivity index (χ2n) is 6.76. The van der Waals surface area contributed by atoms with E-state index in [0.29, 0.717) is 21.0 Å². The Hall–Kier alpha value is -2.19. The van der Waals surface area contributed by atoms with Gasteiger partial charge in [-0.2, -0.15) is 0 Å². The van der Waals surface area contributed by atoms with Crippen LogP contribution in [-0.2, 0) is 22.3 Å². The second kappa shape index (κ2) is 6.27. The molecule has 5 rings (SSSR count). The first-order valence-corrected chi connectivity index (χ1v) is 9.70. The average Bonchev–Trinajstić information content (AvgIpc) is 3.31. The van der Waals surface area contributed by atoms with E-state index in [9.17, 15) is 0 Å². The van der Waals surface area contributed by atoms with Crippen LogP contribution in [0.5, 0.6) is 0 Å². The molecule has 0 saturated carbocycles. The number of nitrogens with zero attached hydrogens (tertiary/aromatic N) is 2. The molecule has 4 nitrogen and oxygen atoms in total. The van der Waals surface area contributed by atoms with Crippen LogP contribution >= 0.6 is 8.88 Å². The van der Waals surface area contributed by atoms with Gasteiger partial charge in [0.2, 0.25) is 0 Å². The van der Waals surface area contributed by atoms with E-state index in [4.69, 9.17) is 9.47 Å². The lowest BCUT2D eigenvalue weighted by atomic mass is 10.1. The molecule has 2 saturated heterocycles. The van der Waals surface area contributed by atoms with Crippen LogP contribution in [0.25, 0.3) is 0 Å². The van der Waals surface area contributed by atoms with Gasteiger partial charge in [0.1, 0.15) is 13.2 Å². The molecular weight excluding hydrogens is 331 g/mol. The number of ether oxygens (including phenoxy) is 2. The fourth-order valence-corrected chi connectivity index (χ4v) is 5.13. The summed E-state index contributed by atoms with van der Waals surface area (Å²) in [7, 11) is 0.583. The number of benzene rings is 2. The quantitative estimate of drug-likeness (QED) is 0.786. The highest BCUT2D eigenvalue weighted by Crippen LogP contribution is 2.51. The molecule has 128 valence electrons. The van der Waals surface area contributed by atoms with Gasteiger partial charge in [0.15, 0.2) is 0 Å². The number of hydrogen-bond donors (Lipinski definition) is 0. The molecule has 2 aromatic carbocycles.